The first-order chi connectivity index (χ1) is 9.90. The molecule has 1 N–H and O–H groups in total. The predicted molar refractivity (Wildman–Crippen MR) is 76.5 cm³/mol. The fourth-order valence-electron chi connectivity index (χ4n) is 3.28. The Labute approximate surface area is 126 Å². The molecule has 2 heterocycles. The fraction of sp³-hybridized carbons (Fsp3) is 0.667. The van der Waals surface area contributed by atoms with Crippen LogP contribution in [0.1, 0.15) is 49.1 Å². The summed E-state index contributed by atoms with van der Waals surface area (Å²) in [5.74, 6) is -4.90. The molecular weight excluding hydrogens is 296 g/mol. The molecule has 0 radical (unpaired) electrons. The van der Waals surface area contributed by atoms with Crippen LogP contribution in [0.15, 0.2) is 11.4 Å². The lowest BCUT2D eigenvalue weighted by atomic mass is 9.74. The van der Waals surface area contributed by atoms with E-state index in [1.807, 2.05) is 18.4 Å². The summed E-state index contributed by atoms with van der Waals surface area (Å²) in [6, 6.07) is 1.62. The van der Waals surface area contributed by atoms with Crippen LogP contribution in [0.25, 0.3) is 0 Å². The van der Waals surface area contributed by atoms with Gasteiger partial charge in [0, 0.05) is 11.4 Å². The fourth-order valence-corrected chi connectivity index (χ4v) is 4.21. The molecule has 1 fully saturated rings. The van der Waals surface area contributed by atoms with Crippen LogP contribution in [0.5, 0.6) is 0 Å². The van der Waals surface area contributed by atoms with E-state index in [0.717, 1.165) is 5.56 Å². The minimum absolute atomic E-state index is 0.0000721. The summed E-state index contributed by atoms with van der Waals surface area (Å²) in [5, 5.41) is 11.9. The quantitative estimate of drug-likeness (QED) is 0.931. The van der Waals surface area contributed by atoms with E-state index in [2.05, 4.69) is 0 Å². The number of aliphatic hydroxyl groups is 1. The van der Waals surface area contributed by atoms with Gasteiger partial charge in [0.05, 0.1) is 6.04 Å². The summed E-state index contributed by atoms with van der Waals surface area (Å²) in [6.45, 7) is 2.20. The molecule has 1 atom stereocenters. The van der Waals surface area contributed by atoms with Crippen molar-refractivity contribution in [1.29, 1.82) is 0 Å². The number of thiophene rings is 1. The highest BCUT2D eigenvalue weighted by molar-refractivity contribution is 7.10. The summed E-state index contributed by atoms with van der Waals surface area (Å²) < 4.78 is 28.8. The summed E-state index contributed by atoms with van der Waals surface area (Å²) in [6.07, 6.45) is 1.76. The maximum absolute atomic E-state index is 14.4. The molecular formula is C15H19F2NO2S. The number of halogens is 2. The van der Waals surface area contributed by atoms with Crippen LogP contribution in [0.4, 0.5) is 8.78 Å². The zero-order chi connectivity index (χ0) is 15.3. The van der Waals surface area contributed by atoms with Gasteiger partial charge in [-0.1, -0.05) is 6.92 Å². The number of amides is 1. The van der Waals surface area contributed by atoms with Crippen LogP contribution in [-0.2, 0) is 11.2 Å². The predicted octanol–water partition coefficient (Wildman–Crippen LogP) is 3.13. The Hall–Kier alpha value is -1.01. The number of rotatable bonds is 3. The topological polar surface area (TPSA) is 40.5 Å². The van der Waals surface area contributed by atoms with Gasteiger partial charge in [-0.2, -0.15) is 8.78 Å². The maximum Gasteiger partial charge on any atom is 0.352 e. The van der Waals surface area contributed by atoms with E-state index >= 15 is 0 Å². The highest BCUT2D eigenvalue weighted by Crippen LogP contribution is 2.47. The van der Waals surface area contributed by atoms with Crippen LogP contribution in [0, 0.1) is 0 Å². The Morgan fingerprint density at radius 1 is 1.57 bits per heavy atom. The van der Waals surface area contributed by atoms with Gasteiger partial charge in [0.15, 0.2) is 0 Å². The van der Waals surface area contributed by atoms with Crippen LogP contribution >= 0.6 is 11.3 Å². The Morgan fingerprint density at radius 3 is 2.86 bits per heavy atom. The van der Waals surface area contributed by atoms with Crippen molar-refractivity contribution in [3.8, 4) is 0 Å². The number of hydrogen-bond acceptors (Lipinski definition) is 3. The van der Waals surface area contributed by atoms with Crippen molar-refractivity contribution in [1.82, 2.24) is 4.90 Å². The molecule has 1 amide bonds. The van der Waals surface area contributed by atoms with Crippen LogP contribution in [0.2, 0.25) is 0 Å². The second-order valence-electron chi connectivity index (χ2n) is 5.93. The van der Waals surface area contributed by atoms with Crippen molar-refractivity contribution < 1.29 is 18.7 Å². The standard InChI is InChI=1S/C15H19F2NO2S/c1-2-11-10-5-9-21-12(10)4-8-18(11)13(19)15(16,17)14(20)6-3-7-14/h5,9,11,20H,2-4,6-8H2,1H3. The average Bonchev–Trinajstić information content (AvgIpc) is 2.90. The van der Waals surface area contributed by atoms with E-state index in [1.165, 1.54) is 9.78 Å². The van der Waals surface area contributed by atoms with Gasteiger partial charge in [0.1, 0.15) is 5.60 Å². The molecule has 0 bridgehead atoms. The molecule has 1 saturated carbocycles. The minimum Gasteiger partial charge on any atom is -0.383 e. The van der Waals surface area contributed by atoms with Crippen molar-refractivity contribution in [2.24, 2.45) is 0 Å². The van der Waals surface area contributed by atoms with Crippen LogP contribution in [0.3, 0.4) is 0 Å². The number of hydrogen-bond donors (Lipinski definition) is 1. The molecule has 3 rings (SSSR count). The molecule has 1 aliphatic carbocycles. The van der Waals surface area contributed by atoms with E-state index in [9.17, 15) is 18.7 Å². The molecule has 2 aliphatic rings. The summed E-state index contributed by atoms with van der Waals surface area (Å²) in [5.41, 5.74) is -1.16. The van der Waals surface area contributed by atoms with Gasteiger partial charge in [-0.25, -0.2) is 0 Å². The normalized spacial score (nSPS) is 24.4. The van der Waals surface area contributed by atoms with Crippen molar-refractivity contribution in [3.05, 3.63) is 21.9 Å². The first kappa shape index (κ1) is 14.9. The zero-order valence-corrected chi connectivity index (χ0v) is 12.8. The maximum atomic E-state index is 14.4. The smallest absolute Gasteiger partial charge is 0.352 e. The Kier molecular flexibility index (Phi) is 3.56. The van der Waals surface area contributed by atoms with Crippen LogP contribution < -0.4 is 0 Å². The molecule has 0 saturated heterocycles. The van der Waals surface area contributed by atoms with E-state index < -0.39 is 17.4 Å². The van der Waals surface area contributed by atoms with Gasteiger partial charge in [0.2, 0.25) is 0 Å². The van der Waals surface area contributed by atoms with Gasteiger partial charge in [-0.3, -0.25) is 4.79 Å². The third-order valence-corrected chi connectivity index (χ3v) is 5.77. The highest BCUT2D eigenvalue weighted by atomic mass is 32.1. The van der Waals surface area contributed by atoms with Gasteiger partial charge in [-0.05, 0) is 49.1 Å². The Morgan fingerprint density at radius 2 is 2.29 bits per heavy atom. The molecule has 21 heavy (non-hydrogen) atoms. The van der Waals surface area contributed by atoms with Crippen molar-refractivity contribution >= 4 is 17.2 Å². The number of nitrogens with zero attached hydrogens (tertiary/aromatic N) is 1. The highest BCUT2D eigenvalue weighted by Gasteiger charge is 2.62. The number of carbonyl (C=O) groups excluding carboxylic acids is 1. The SMILES string of the molecule is CCC1c2ccsc2CCN1C(=O)C(F)(F)C1(O)CCC1. The number of alkyl halides is 2. The van der Waals surface area contributed by atoms with Gasteiger partial charge in [-0.15, -0.1) is 11.3 Å². The largest absolute Gasteiger partial charge is 0.383 e. The van der Waals surface area contributed by atoms with Crippen molar-refractivity contribution in [2.45, 2.75) is 56.6 Å². The average molecular weight is 315 g/mol. The van der Waals surface area contributed by atoms with Gasteiger partial charge >= 0.3 is 5.92 Å². The Balaban J connectivity index is 1.88. The lowest BCUT2D eigenvalue weighted by molar-refractivity contribution is -0.225. The minimum atomic E-state index is -3.69. The van der Waals surface area contributed by atoms with Crippen LogP contribution in [-0.4, -0.2) is 34.0 Å². The van der Waals surface area contributed by atoms with Gasteiger partial charge in [0.25, 0.3) is 5.91 Å². The Bertz CT molecular complexity index is 554. The lowest BCUT2D eigenvalue weighted by Crippen LogP contribution is -2.62. The second-order valence-corrected chi connectivity index (χ2v) is 6.93. The van der Waals surface area contributed by atoms with Gasteiger partial charge < -0.3 is 10.0 Å². The second kappa shape index (κ2) is 5.02. The van der Waals surface area contributed by atoms with Crippen molar-refractivity contribution in [3.63, 3.8) is 0 Å². The molecule has 6 heteroatoms. The molecule has 1 aliphatic heterocycles. The number of fused-ring (bicyclic) bond motifs is 1. The molecule has 0 spiro atoms. The van der Waals surface area contributed by atoms with E-state index in [4.69, 9.17) is 0 Å². The van der Waals surface area contributed by atoms with E-state index in [-0.39, 0.29) is 18.9 Å². The summed E-state index contributed by atoms with van der Waals surface area (Å²) in [4.78, 5) is 14.8. The summed E-state index contributed by atoms with van der Waals surface area (Å²) >= 11 is 1.61. The number of carbonyl (C=O) groups is 1. The third kappa shape index (κ3) is 2.11. The first-order valence-corrected chi connectivity index (χ1v) is 8.26. The first-order valence-electron chi connectivity index (χ1n) is 7.38. The zero-order valence-electron chi connectivity index (χ0n) is 11.9. The monoisotopic (exact) mass is 315 g/mol. The van der Waals surface area contributed by atoms with Crippen molar-refractivity contribution in [2.75, 3.05) is 6.54 Å². The molecule has 1 aromatic rings. The molecule has 0 aromatic carbocycles. The molecule has 1 unspecified atom stereocenters. The summed E-state index contributed by atoms with van der Waals surface area (Å²) in [7, 11) is 0. The van der Waals surface area contributed by atoms with E-state index in [1.54, 1.807) is 11.3 Å². The molecule has 1 aromatic heterocycles. The third-order valence-electron chi connectivity index (χ3n) is 4.78. The van der Waals surface area contributed by atoms with E-state index in [0.29, 0.717) is 25.8 Å². The molecule has 116 valence electrons. The molecule has 3 nitrogen and oxygen atoms in total. The lowest BCUT2D eigenvalue weighted by Gasteiger charge is -2.45.